The van der Waals surface area contributed by atoms with Gasteiger partial charge < -0.3 is 20.9 Å². The number of esters is 1. The molecule has 0 heterocycles. The van der Waals surface area contributed by atoms with Crippen molar-refractivity contribution in [3.8, 4) is 0 Å². The summed E-state index contributed by atoms with van der Waals surface area (Å²) in [5, 5.41) is 11.8. The number of carbonyl (C=O) groups excluding carboxylic acids is 2. The van der Waals surface area contributed by atoms with Crippen LogP contribution in [0.4, 0.5) is 0 Å². The Morgan fingerprint density at radius 2 is 1.42 bits per heavy atom. The number of unbranched alkanes of at least 4 members (excludes halogenated alkanes) is 9. The lowest BCUT2D eigenvalue weighted by atomic mass is 10.0. The van der Waals surface area contributed by atoms with E-state index in [1.54, 1.807) is 0 Å². The number of nitrogens with two attached hydrogens (primary N) is 1. The third kappa shape index (κ3) is 21.4. The maximum absolute atomic E-state index is 12.3. The van der Waals surface area contributed by atoms with Crippen molar-refractivity contribution in [2.24, 2.45) is 5.73 Å². The van der Waals surface area contributed by atoms with Crippen LogP contribution in [0.5, 0.6) is 0 Å². The number of allylic oxidation sites excluding steroid dienone is 2. The molecule has 0 radical (unpaired) electrons. The molecule has 2 atom stereocenters. The molecule has 7 nitrogen and oxygen atoms in total. The molecule has 36 heavy (non-hydrogen) atoms. The summed E-state index contributed by atoms with van der Waals surface area (Å²) in [5.74, 6) is -1.34. The Hall–Kier alpha value is -1.89. The highest BCUT2D eigenvalue weighted by Gasteiger charge is 2.19. The van der Waals surface area contributed by atoms with Crippen LogP contribution in [-0.2, 0) is 19.1 Å². The van der Waals surface area contributed by atoms with Gasteiger partial charge in [0.1, 0.15) is 12.1 Å². The van der Waals surface area contributed by atoms with Crippen molar-refractivity contribution in [1.29, 1.82) is 0 Å². The minimum atomic E-state index is -1.02. The van der Waals surface area contributed by atoms with E-state index in [1.165, 1.54) is 32.1 Å². The number of aliphatic carboxylic acids is 1. The van der Waals surface area contributed by atoms with Crippen molar-refractivity contribution < 1.29 is 24.2 Å². The third-order valence-electron chi connectivity index (χ3n) is 6.31. The number of carboxylic acids is 1. The van der Waals surface area contributed by atoms with Gasteiger partial charge in [0.15, 0.2) is 0 Å². The van der Waals surface area contributed by atoms with Crippen molar-refractivity contribution >= 4 is 17.8 Å². The normalized spacial score (nSPS) is 13.0. The van der Waals surface area contributed by atoms with Gasteiger partial charge in [-0.2, -0.15) is 0 Å². The highest BCUT2D eigenvalue weighted by molar-refractivity contribution is 5.83. The van der Waals surface area contributed by atoms with Gasteiger partial charge in [-0.3, -0.25) is 9.59 Å². The monoisotopic (exact) mass is 510 g/mol. The van der Waals surface area contributed by atoms with Gasteiger partial charge in [-0.05, 0) is 70.8 Å². The number of hydrogen-bond acceptors (Lipinski definition) is 5. The first kappa shape index (κ1) is 34.1. The van der Waals surface area contributed by atoms with Crippen molar-refractivity contribution in [1.82, 2.24) is 5.32 Å². The molecule has 4 N–H and O–H groups in total. The zero-order valence-corrected chi connectivity index (χ0v) is 23.1. The molecule has 0 aliphatic carbocycles. The Bertz CT molecular complexity index is 594. The number of carboxylic acid groups (broad SMARTS) is 1. The Labute approximate surface area is 220 Å². The Morgan fingerprint density at radius 3 is 2.11 bits per heavy atom. The molecule has 0 spiro atoms. The summed E-state index contributed by atoms with van der Waals surface area (Å²) in [7, 11) is 0. The topological polar surface area (TPSA) is 119 Å². The zero-order chi connectivity index (χ0) is 26.9. The SMILES string of the molecule is CCC/C=C\CCCCCCCC(=O)OC(CCCC)CCCCCC(=O)NC(CCCN)C(=O)O. The van der Waals surface area contributed by atoms with Crippen LogP contribution in [-0.4, -0.2) is 41.6 Å². The molecule has 0 aromatic heterocycles. The summed E-state index contributed by atoms with van der Waals surface area (Å²) >= 11 is 0. The molecule has 7 heteroatoms. The molecule has 1 amide bonds. The molecule has 0 saturated carbocycles. The van der Waals surface area contributed by atoms with Gasteiger partial charge in [0, 0.05) is 12.8 Å². The number of ether oxygens (including phenoxy) is 1. The van der Waals surface area contributed by atoms with Gasteiger partial charge in [-0.1, -0.05) is 70.9 Å². The smallest absolute Gasteiger partial charge is 0.326 e. The van der Waals surface area contributed by atoms with E-state index in [0.717, 1.165) is 57.8 Å². The maximum atomic E-state index is 12.3. The lowest BCUT2D eigenvalue weighted by Gasteiger charge is -2.18. The van der Waals surface area contributed by atoms with E-state index in [-0.39, 0.29) is 18.0 Å². The molecule has 0 aliphatic rings. The molecular formula is C29H54N2O5. The van der Waals surface area contributed by atoms with E-state index in [4.69, 9.17) is 10.5 Å². The molecule has 0 fully saturated rings. The number of amides is 1. The largest absolute Gasteiger partial charge is 0.480 e. The molecule has 210 valence electrons. The standard InChI is InChI=1S/C29H54N2O5/c1-3-5-7-8-9-10-11-12-13-17-23-28(33)36-25(19-6-4-2)20-15-14-16-22-27(32)31-26(29(34)35)21-18-24-30/h7-8,25-26H,3-6,9-24,30H2,1-2H3,(H,31,32)(H,34,35)/b8-7-. The van der Waals surface area contributed by atoms with E-state index in [2.05, 4.69) is 31.3 Å². The second-order valence-electron chi connectivity index (χ2n) is 9.81. The summed E-state index contributed by atoms with van der Waals surface area (Å²) in [5.41, 5.74) is 5.43. The van der Waals surface area contributed by atoms with Gasteiger partial charge in [-0.25, -0.2) is 4.79 Å². The minimum Gasteiger partial charge on any atom is -0.480 e. The van der Waals surface area contributed by atoms with Crippen LogP contribution in [0.25, 0.3) is 0 Å². The second kappa shape index (κ2) is 24.8. The average Bonchev–Trinajstić information content (AvgIpc) is 2.85. The molecule has 0 bridgehead atoms. The summed E-state index contributed by atoms with van der Waals surface area (Å²) in [4.78, 5) is 35.6. The quantitative estimate of drug-likeness (QED) is 0.0739. The summed E-state index contributed by atoms with van der Waals surface area (Å²) in [6.07, 6.45) is 21.5. The number of carbonyl (C=O) groups is 3. The highest BCUT2D eigenvalue weighted by atomic mass is 16.5. The number of rotatable bonds is 25. The second-order valence-corrected chi connectivity index (χ2v) is 9.81. The van der Waals surface area contributed by atoms with Crippen molar-refractivity contribution in [3.63, 3.8) is 0 Å². The molecule has 0 aliphatic heterocycles. The van der Waals surface area contributed by atoms with E-state index in [9.17, 15) is 19.5 Å². The fourth-order valence-corrected chi connectivity index (χ4v) is 4.08. The predicted molar refractivity (Wildman–Crippen MR) is 147 cm³/mol. The van der Waals surface area contributed by atoms with Crippen molar-refractivity contribution in [2.75, 3.05) is 6.54 Å². The van der Waals surface area contributed by atoms with Crippen molar-refractivity contribution in [3.05, 3.63) is 12.2 Å². The molecule has 2 unspecified atom stereocenters. The zero-order valence-electron chi connectivity index (χ0n) is 23.1. The van der Waals surface area contributed by atoms with Crippen molar-refractivity contribution in [2.45, 2.75) is 148 Å². The van der Waals surface area contributed by atoms with Crippen LogP contribution in [0.2, 0.25) is 0 Å². The van der Waals surface area contributed by atoms with Crippen LogP contribution in [0.15, 0.2) is 12.2 Å². The molecule has 0 rings (SSSR count). The lowest BCUT2D eigenvalue weighted by Crippen LogP contribution is -2.40. The van der Waals surface area contributed by atoms with E-state index in [1.807, 2.05) is 0 Å². The number of hydrogen-bond donors (Lipinski definition) is 3. The Kier molecular flexibility index (Phi) is 23.5. The lowest BCUT2D eigenvalue weighted by molar-refractivity contribution is -0.150. The fraction of sp³-hybridized carbons (Fsp3) is 0.828. The first-order chi connectivity index (χ1) is 17.4. The highest BCUT2D eigenvalue weighted by Crippen LogP contribution is 2.16. The first-order valence-corrected chi connectivity index (χ1v) is 14.5. The summed E-state index contributed by atoms with van der Waals surface area (Å²) in [6, 6.07) is -0.869. The molecule has 0 aromatic carbocycles. The Morgan fingerprint density at radius 1 is 0.778 bits per heavy atom. The molecule has 0 aromatic rings. The average molecular weight is 511 g/mol. The van der Waals surface area contributed by atoms with Crippen LogP contribution < -0.4 is 11.1 Å². The van der Waals surface area contributed by atoms with Gasteiger partial charge >= 0.3 is 11.9 Å². The van der Waals surface area contributed by atoms with Gasteiger partial charge in [0.25, 0.3) is 0 Å². The van der Waals surface area contributed by atoms with E-state index >= 15 is 0 Å². The van der Waals surface area contributed by atoms with E-state index < -0.39 is 12.0 Å². The molecule has 0 saturated heterocycles. The van der Waals surface area contributed by atoms with Crippen LogP contribution in [0.1, 0.15) is 136 Å². The van der Waals surface area contributed by atoms with Gasteiger partial charge in [0.2, 0.25) is 5.91 Å². The van der Waals surface area contributed by atoms with Gasteiger partial charge in [0.05, 0.1) is 0 Å². The van der Waals surface area contributed by atoms with E-state index in [0.29, 0.717) is 38.6 Å². The first-order valence-electron chi connectivity index (χ1n) is 14.5. The van der Waals surface area contributed by atoms with Crippen LogP contribution in [0, 0.1) is 0 Å². The Balaban J connectivity index is 4.04. The molecular weight excluding hydrogens is 456 g/mol. The summed E-state index contributed by atoms with van der Waals surface area (Å²) < 4.78 is 5.78. The fourth-order valence-electron chi connectivity index (χ4n) is 4.08. The predicted octanol–water partition coefficient (Wildman–Crippen LogP) is 6.43. The van der Waals surface area contributed by atoms with Crippen LogP contribution in [0.3, 0.4) is 0 Å². The minimum absolute atomic E-state index is 0.0474. The summed E-state index contributed by atoms with van der Waals surface area (Å²) in [6.45, 7) is 4.73. The third-order valence-corrected chi connectivity index (χ3v) is 6.31. The van der Waals surface area contributed by atoms with Crippen LogP contribution >= 0.6 is 0 Å². The maximum Gasteiger partial charge on any atom is 0.326 e. The number of nitrogens with one attached hydrogen (secondary N) is 1. The van der Waals surface area contributed by atoms with Gasteiger partial charge in [-0.15, -0.1) is 0 Å².